The van der Waals surface area contributed by atoms with Gasteiger partial charge in [0.05, 0.1) is 5.52 Å². The first-order chi connectivity index (χ1) is 11.9. The van der Waals surface area contributed by atoms with Crippen LogP contribution in [0.3, 0.4) is 0 Å². The Kier molecular flexibility index (Phi) is 4.52. The Morgan fingerprint density at radius 3 is 2.56 bits per heavy atom. The predicted octanol–water partition coefficient (Wildman–Crippen LogP) is 3.30. The number of aryl methyl sites for hydroxylation is 1. The number of aromatic nitrogens is 1. The average molecular weight is 340 g/mol. The number of H-pyrrole nitrogens is 1. The Bertz CT molecular complexity index is 994. The van der Waals surface area contributed by atoms with E-state index < -0.39 is 0 Å². The summed E-state index contributed by atoms with van der Waals surface area (Å²) in [5.41, 5.74) is 2.66. The van der Waals surface area contributed by atoms with E-state index in [0.717, 1.165) is 10.9 Å². The minimum Gasteiger partial charge on any atom is -0.484 e. The molecule has 0 unspecified atom stereocenters. The molecule has 0 fully saturated rings. The van der Waals surface area contributed by atoms with Crippen LogP contribution in [0.5, 0.6) is 5.75 Å². The van der Waals surface area contributed by atoms with Gasteiger partial charge in [-0.05, 0) is 55.8 Å². The van der Waals surface area contributed by atoms with E-state index in [1.807, 2.05) is 13.0 Å². The van der Waals surface area contributed by atoms with Crippen LogP contribution in [0.4, 0.5) is 10.1 Å². The van der Waals surface area contributed by atoms with Crippen LogP contribution in [-0.4, -0.2) is 17.5 Å². The quantitative estimate of drug-likeness (QED) is 0.765. The number of amides is 1. The number of nitrogens with one attached hydrogen (secondary N) is 2. The lowest BCUT2D eigenvalue weighted by molar-refractivity contribution is -0.118. The SMILES string of the molecule is Cc1c(C)c2ccc(NC(=O)COc3ccc(F)cc3)cc2[nH]c1=O. The number of hydrogen-bond donors (Lipinski definition) is 2. The molecule has 0 saturated carbocycles. The molecule has 0 aliphatic heterocycles. The number of fused-ring (bicyclic) bond motifs is 1. The Morgan fingerprint density at radius 1 is 1.12 bits per heavy atom. The zero-order valence-electron chi connectivity index (χ0n) is 13.9. The molecular formula is C19H17FN2O3. The van der Waals surface area contributed by atoms with Crippen molar-refractivity contribution in [1.29, 1.82) is 0 Å². The van der Waals surface area contributed by atoms with Gasteiger partial charge >= 0.3 is 0 Å². The first kappa shape index (κ1) is 16.7. The molecule has 0 spiro atoms. The van der Waals surface area contributed by atoms with Crippen molar-refractivity contribution in [2.45, 2.75) is 13.8 Å². The number of aromatic amines is 1. The molecule has 1 aromatic heterocycles. The third kappa shape index (κ3) is 3.68. The number of benzene rings is 2. The Labute approximate surface area is 143 Å². The number of pyridine rings is 1. The molecule has 1 heterocycles. The van der Waals surface area contributed by atoms with Gasteiger partial charge in [0.15, 0.2) is 6.61 Å². The van der Waals surface area contributed by atoms with Gasteiger partial charge in [0.2, 0.25) is 0 Å². The normalized spacial score (nSPS) is 10.7. The Morgan fingerprint density at radius 2 is 1.84 bits per heavy atom. The van der Waals surface area contributed by atoms with Gasteiger partial charge in [-0.1, -0.05) is 6.07 Å². The van der Waals surface area contributed by atoms with Crippen LogP contribution in [0.25, 0.3) is 10.9 Å². The first-order valence-electron chi connectivity index (χ1n) is 7.75. The molecular weight excluding hydrogens is 323 g/mol. The van der Waals surface area contributed by atoms with E-state index in [1.165, 1.54) is 24.3 Å². The molecule has 0 saturated heterocycles. The van der Waals surface area contributed by atoms with E-state index in [9.17, 15) is 14.0 Å². The molecule has 6 heteroatoms. The fourth-order valence-corrected chi connectivity index (χ4v) is 2.52. The van der Waals surface area contributed by atoms with Crippen LogP contribution < -0.4 is 15.6 Å². The highest BCUT2D eigenvalue weighted by molar-refractivity contribution is 5.95. The molecule has 5 nitrogen and oxygen atoms in total. The molecule has 0 bridgehead atoms. The van der Waals surface area contributed by atoms with E-state index in [0.29, 0.717) is 22.5 Å². The molecule has 1 amide bonds. The number of carbonyl (C=O) groups is 1. The summed E-state index contributed by atoms with van der Waals surface area (Å²) in [7, 11) is 0. The summed E-state index contributed by atoms with van der Waals surface area (Å²) < 4.78 is 18.1. The van der Waals surface area contributed by atoms with Crippen molar-refractivity contribution in [2.24, 2.45) is 0 Å². The number of rotatable bonds is 4. The molecule has 2 aromatic carbocycles. The maximum atomic E-state index is 12.8. The van der Waals surface area contributed by atoms with Gasteiger partial charge in [-0.2, -0.15) is 0 Å². The lowest BCUT2D eigenvalue weighted by Crippen LogP contribution is -2.20. The Balaban J connectivity index is 1.72. The van der Waals surface area contributed by atoms with E-state index in [1.54, 1.807) is 19.1 Å². The fraction of sp³-hybridized carbons (Fsp3) is 0.158. The van der Waals surface area contributed by atoms with Gasteiger partial charge in [-0.3, -0.25) is 9.59 Å². The lowest BCUT2D eigenvalue weighted by Gasteiger charge is -2.10. The predicted molar refractivity (Wildman–Crippen MR) is 94.6 cm³/mol. The number of hydrogen-bond acceptors (Lipinski definition) is 3. The lowest BCUT2D eigenvalue weighted by atomic mass is 10.1. The van der Waals surface area contributed by atoms with Crippen molar-refractivity contribution >= 4 is 22.5 Å². The van der Waals surface area contributed by atoms with Crippen LogP contribution in [-0.2, 0) is 4.79 Å². The largest absolute Gasteiger partial charge is 0.484 e. The third-order valence-corrected chi connectivity index (χ3v) is 4.04. The van der Waals surface area contributed by atoms with Crippen LogP contribution >= 0.6 is 0 Å². The molecule has 3 aromatic rings. The molecule has 128 valence electrons. The van der Waals surface area contributed by atoms with Crippen molar-refractivity contribution in [3.8, 4) is 5.75 Å². The van der Waals surface area contributed by atoms with Crippen LogP contribution in [0.2, 0.25) is 0 Å². The minimum atomic E-state index is -0.368. The molecule has 0 aliphatic rings. The van der Waals surface area contributed by atoms with E-state index in [2.05, 4.69) is 10.3 Å². The van der Waals surface area contributed by atoms with Crippen molar-refractivity contribution < 1.29 is 13.9 Å². The summed E-state index contributed by atoms with van der Waals surface area (Å²) in [6, 6.07) is 10.8. The van der Waals surface area contributed by atoms with E-state index in [-0.39, 0.29) is 23.9 Å². The third-order valence-electron chi connectivity index (χ3n) is 4.04. The highest BCUT2D eigenvalue weighted by Gasteiger charge is 2.08. The molecule has 0 radical (unpaired) electrons. The Hall–Kier alpha value is -3.15. The molecule has 0 aliphatic carbocycles. The maximum absolute atomic E-state index is 12.8. The zero-order valence-corrected chi connectivity index (χ0v) is 13.9. The van der Waals surface area contributed by atoms with Crippen molar-refractivity contribution in [3.05, 3.63) is 69.8 Å². The molecule has 3 rings (SSSR count). The standard InChI is InChI=1S/C19H17FN2O3/c1-11-12(2)19(24)22-17-9-14(5-8-16(11)17)21-18(23)10-25-15-6-3-13(20)4-7-15/h3-9H,10H2,1-2H3,(H,21,23)(H,22,24). The summed E-state index contributed by atoms with van der Waals surface area (Å²) >= 11 is 0. The number of ether oxygens (including phenoxy) is 1. The van der Waals surface area contributed by atoms with Crippen molar-refractivity contribution in [2.75, 3.05) is 11.9 Å². The van der Waals surface area contributed by atoms with Crippen LogP contribution in [0, 0.1) is 19.7 Å². The van der Waals surface area contributed by atoms with E-state index in [4.69, 9.17) is 4.74 Å². The first-order valence-corrected chi connectivity index (χ1v) is 7.75. The maximum Gasteiger partial charge on any atom is 0.262 e. The number of carbonyl (C=O) groups excluding carboxylic acids is 1. The number of anilines is 1. The second-order valence-corrected chi connectivity index (χ2v) is 5.76. The second-order valence-electron chi connectivity index (χ2n) is 5.76. The zero-order chi connectivity index (χ0) is 18.0. The van der Waals surface area contributed by atoms with Crippen LogP contribution in [0.15, 0.2) is 47.3 Å². The molecule has 2 N–H and O–H groups in total. The van der Waals surface area contributed by atoms with Crippen molar-refractivity contribution in [3.63, 3.8) is 0 Å². The monoisotopic (exact) mass is 340 g/mol. The van der Waals surface area contributed by atoms with Gasteiger partial charge < -0.3 is 15.0 Å². The van der Waals surface area contributed by atoms with Gasteiger partial charge in [0, 0.05) is 16.6 Å². The van der Waals surface area contributed by atoms with E-state index >= 15 is 0 Å². The molecule has 0 atom stereocenters. The number of halogens is 1. The fourth-order valence-electron chi connectivity index (χ4n) is 2.52. The summed E-state index contributed by atoms with van der Waals surface area (Å²) in [6.07, 6.45) is 0. The highest BCUT2D eigenvalue weighted by Crippen LogP contribution is 2.21. The van der Waals surface area contributed by atoms with Gasteiger partial charge in [-0.15, -0.1) is 0 Å². The van der Waals surface area contributed by atoms with Gasteiger partial charge in [-0.25, -0.2) is 4.39 Å². The van der Waals surface area contributed by atoms with Gasteiger partial charge in [0.1, 0.15) is 11.6 Å². The van der Waals surface area contributed by atoms with Crippen molar-refractivity contribution in [1.82, 2.24) is 4.98 Å². The summed E-state index contributed by atoms with van der Waals surface area (Å²) in [5.74, 6) is -0.312. The second kappa shape index (κ2) is 6.76. The highest BCUT2D eigenvalue weighted by atomic mass is 19.1. The molecule has 25 heavy (non-hydrogen) atoms. The summed E-state index contributed by atoms with van der Waals surface area (Å²) in [4.78, 5) is 26.7. The average Bonchev–Trinajstić information content (AvgIpc) is 2.59. The van der Waals surface area contributed by atoms with Crippen LogP contribution in [0.1, 0.15) is 11.1 Å². The smallest absolute Gasteiger partial charge is 0.262 e. The summed E-state index contributed by atoms with van der Waals surface area (Å²) in [6.45, 7) is 3.46. The topological polar surface area (TPSA) is 71.2 Å². The summed E-state index contributed by atoms with van der Waals surface area (Å²) in [5, 5.41) is 3.64. The minimum absolute atomic E-state index is 0.145. The van der Waals surface area contributed by atoms with Gasteiger partial charge in [0.25, 0.3) is 11.5 Å².